The van der Waals surface area contributed by atoms with Gasteiger partial charge in [-0.1, -0.05) is 24.3 Å². The van der Waals surface area contributed by atoms with Crippen LogP contribution in [0.5, 0.6) is 0 Å². The van der Waals surface area contributed by atoms with E-state index < -0.39 is 0 Å². The fourth-order valence-corrected chi connectivity index (χ4v) is 6.08. The number of aromatic nitrogens is 4. The van der Waals surface area contributed by atoms with Crippen molar-refractivity contribution in [3.05, 3.63) is 142 Å². The smallest absolute Gasteiger partial charge is 1.00 e. The van der Waals surface area contributed by atoms with Crippen molar-refractivity contribution in [1.29, 1.82) is 0 Å². The molecule has 8 bridgehead atoms. The molecule has 0 saturated carbocycles. The van der Waals surface area contributed by atoms with Crippen LogP contribution in [0.3, 0.4) is 0 Å². The second kappa shape index (κ2) is 17.4. The summed E-state index contributed by atoms with van der Waals surface area (Å²) < 4.78 is 40.0. The number of fused-ring (bicyclic) bond motifs is 8. The van der Waals surface area contributed by atoms with Crippen LogP contribution in [0.2, 0.25) is 0 Å². The summed E-state index contributed by atoms with van der Waals surface area (Å²) in [6.07, 6.45) is 8.67. The van der Waals surface area contributed by atoms with Crippen LogP contribution in [0.1, 0.15) is 73.9 Å². The molecule has 2 aromatic carbocycles. The van der Waals surface area contributed by atoms with Gasteiger partial charge in [-0.3, -0.25) is 0 Å². The maximum absolute atomic E-state index is 13.7. The van der Waals surface area contributed by atoms with Crippen molar-refractivity contribution in [2.24, 2.45) is 0 Å². The maximum atomic E-state index is 13.7. The molecule has 3 aromatic heterocycles. The minimum Gasteiger partial charge on any atom is -1.00 e. The zero-order chi connectivity index (χ0) is 33.0. The van der Waals surface area contributed by atoms with E-state index in [9.17, 15) is 8.78 Å². The molecule has 2 aliphatic heterocycles. The summed E-state index contributed by atoms with van der Waals surface area (Å²) in [7, 11) is 0. The van der Waals surface area contributed by atoms with E-state index >= 15 is 0 Å². The second-order valence-corrected chi connectivity index (χ2v) is 12.1. The normalized spacial score (nSPS) is 13.0. The first-order valence-electron chi connectivity index (χ1n) is 16.2. The molecule has 2 unspecified atom stereocenters. The van der Waals surface area contributed by atoms with Crippen LogP contribution in [0.15, 0.2) is 84.9 Å². The van der Waals surface area contributed by atoms with Crippen molar-refractivity contribution in [2.75, 3.05) is 13.2 Å². The standard InChI is InChI=1S/C40H36F2N4O2.2Na.2H/c1-25(47-15-13-27-5-3-7-29(41)17-27)37-21-35-20-33-10-9-31(43-33)19-32-11-12-34(44-32)23-39-38(22-36(46-39)24-40(37)45-35)26(2)48-16-14-28-6-4-8-30(42)18-28;;;;/h3-12,17-26,45-46H,13-16H2,1-2H3;;;;/q;2*+1;2*-1. The van der Waals surface area contributed by atoms with Gasteiger partial charge in [0.25, 0.3) is 0 Å². The van der Waals surface area contributed by atoms with Gasteiger partial charge in [-0.2, -0.15) is 0 Å². The number of nitrogens with one attached hydrogen (secondary N) is 2. The molecule has 0 fully saturated rings. The van der Waals surface area contributed by atoms with Gasteiger partial charge >= 0.3 is 59.1 Å². The van der Waals surface area contributed by atoms with Crippen LogP contribution >= 0.6 is 0 Å². The molecule has 0 amide bonds. The Morgan fingerprint density at radius 1 is 0.580 bits per heavy atom. The van der Waals surface area contributed by atoms with Crippen molar-refractivity contribution in [2.45, 2.75) is 38.9 Å². The molecule has 50 heavy (non-hydrogen) atoms. The van der Waals surface area contributed by atoms with Gasteiger partial charge in [-0.25, -0.2) is 18.7 Å². The Hall–Kier alpha value is -3.18. The number of hydrogen-bond donors (Lipinski definition) is 2. The summed E-state index contributed by atoms with van der Waals surface area (Å²) in [5.74, 6) is -0.495. The Bertz CT molecular complexity index is 2210. The molecule has 2 N–H and O–H groups in total. The average molecular weight is 691 g/mol. The Labute approximate surface area is 337 Å². The number of hydrogen-bond acceptors (Lipinski definition) is 4. The molecular formula is C40H38F2N4Na2O2. The predicted octanol–water partition coefficient (Wildman–Crippen LogP) is 3.81. The third-order valence-electron chi connectivity index (χ3n) is 8.53. The summed E-state index contributed by atoms with van der Waals surface area (Å²) in [5, 5.41) is 0. The van der Waals surface area contributed by atoms with Gasteiger partial charge in [-0.05, 0) is 123 Å². The summed E-state index contributed by atoms with van der Waals surface area (Å²) in [4.78, 5) is 16.7. The molecule has 2 atom stereocenters. The van der Waals surface area contributed by atoms with Gasteiger partial charge in [0.05, 0.1) is 48.2 Å². The third kappa shape index (κ3) is 9.57. The number of nitrogens with zero attached hydrogens (tertiary/aromatic N) is 2. The number of rotatable bonds is 10. The number of H-pyrrole nitrogens is 2. The molecule has 7 rings (SSSR count). The van der Waals surface area contributed by atoms with Crippen molar-refractivity contribution in [3.8, 4) is 0 Å². The van der Waals surface area contributed by atoms with E-state index in [1.54, 1.807) is 24.3 Å². The SMILES string of the molecule is CC(OCCc1cccc(F)c1)c1cc2cc3[nH]c(cc4nc(cc5nc(cc1[nH]2)C=C5)C=C4)cc3C(C)OCCc1cccc(F)c1.[H-].[H-].[Na+].[Na+]. The van der Waals surface area contributed by atoms with Gasteiger partial charge < -0.3 is 22.3 Å². The van der Waals surface area contributed by atoms with E-state index in [2.05, 4.69) is 28.2 Å². The zero-order valence-electron chi connectivity index (χ0n) is 30.8. The summed E-state index contributed by atoms with van der Waals surface area (Å²) in [6.45, 7) is 4.94. The summed E-state index contributed by atoms with van der Waals surface area (Å²) in [6, 6.07) is 25.5. The Balaban J connectivity index is 0.00000182. The predicted molar refractivity (Wildman–Crippen MR) is 190 cm³/mol. The van der Waals surface area contributed by atoms with Gasteiger partial charge in [0.1, 0.15) is 11.6 Å². The largest absolute Gasteiger partial charge is 1.00 e. The topological polar surface area (TPSA) is 75.8 Å². The first kappa shape index (κ1) is 38.1. The molecular weight excluding hydrogens is 652 g/mol. The third-order valence-corrected chi connectivity index (χ3v) is 8.53. The van der Waals surface area contributed by atoms with Crippen LogP contribution in [0, 0.1) is 11.6 Å². The number of halogens is 2. The molecule has 0 spiro atoms. The molecule has 0 radical (unpaired) electrons. The van der Waals surface area contributed by atoms with Gasteiger partial charge in [0, 0.05) is 33.2 Å². The van der Waals surface area contributed by atoms with E-state index in [-0.39, 0.29) is 85.8 Å². The minimum absolute atomic E-state index is 0. The first-order valence-corrected chi connectivity index (χ1v) is 16.2. The average Bonchev–Trinajstić information content (AvgIpc) is 3.86. The van der Waals surface area contributed by atoms with Crippen LogP contribution in [-0.4, -0.2) is 33.1 Å². The van der Waals surface area contributed by atoms with Gasteiger partial charge in [-0.15, -0.1) is 0 Å². The van der Waals surface area contributed by atoms with Crippen molar-refractivity contribution >= 4 is 46.4 Å². The van der Waals surface area contributed by atoms with E-state index in [1.165, 1.54) is 12.1 Å². The van der Waals surface area contributed by atoms with E-state index in [1.807, 2.05) is 68.5 Å². The van der Waals surface area contributed by atoms with E-state index in [0.29, 0.717) is 26.1 Å². The first-order chi connectivity index (χ1) is 23.3. The molecule has 0 aliphatic carbocycles. The van der Waals surface area contributed by atoms with Gasteiger partial charge in [0.15, 0.2) is 0 Å². The second-order valence-electron chi connectivity index (χ2n) is 12.1. The van der Waals surface area contributed by atoms with Crippen molar-refractivity contribution in [1.82, 2.24) is 19.9 Å². The van der Waals surface area contributed by atoms with Crippen LogP contribution in [0.4, 0.5) is 8.78 Å². The quantitative estimate of drug-likeness (QED) is 0.214. The number of ether oxygens (including phenoxy) is 2. The molecule has 0 saturated heterocycles. The van der Waals surface area contributed by atoms with E-state index in [4.69, 9.17) is 19.4 Å². The Morgan fingerprint density at radius 3 is 1.52 bits per heavy atom. The molecule has 2 aliphatic rings. The molecule has 5 heterocycles. The molecule has 10 heteroatoms. The monoisotopic (exact) mass is 690 g/mol. The van der Waals surface area contributed by atoms with E-state index in [0.717, 1.165) is 67.1 Å². The zero-order valence-corrected chi connectivity index (χ0v) is 32.8. The summed E-state index contributed by atoms with van der Waals surface area (Å²) in [5.41, 5.74) is 10.6. The molecule has 246 valence electrons. The van der Waals surface area contributed by atoms with Crippen LogP contribution in [-0.2, 0) is 22.3 Å². The van der Waals surface area contributed by atoms with Gasteiger partial charge in [0.2, 0.25) is 0 Å². The Morgan fingerprint density at radius 2 is 1.02 bits per heavy atom. The molecule has 6 nitrogen and oxygen atoms in total. The molecule has 5 aromatic rings. The van der Waals surface area contributed by atoms with Crippen molar-refractivity contribution in [3.63, 3.8) is 0 Å². The summed E-state index contributed by atoms with van der Waals surface area (Å²) >= 11 is 0. The Kier molecular flexibility index (Phi) is 13.2. The minimum atomic E-state index is -0.248. The fourth-order valence-electron chi connectivity index (χ4n) is 6.08. The van der Waals surface area contributed by atoms with Crippen LogP contribution in [0.25, 0.3) is 46.4 Å². The van der Waals surface area contributed by atoms with Crippen LogP contribution < -0.4 is 59.1 Å². The maximum Gasteiger partial charge on any atom is 1.00 e. The number of aromatic amines is 2. The van der Waals surface area contributed by atoms with Crippen molar-refractivity contribution < 1.29 is 80.2 Å². The number of benzene rings is 2. The fraction of sp³-hybridized carbons (Fsp3) is 0.200.